The summed E-state index contributed by atoms with van der Waals surface area (Å²) in [5, 5.41) is 12.6. The highest BCUT2D eigenvalue weighted by Gasteiger charge is 2.75. The van der Waals surface area contributed by atoms with Crippen molar-refractivity contribution in [2.45, 2.75) is 24.6 Å². The third-order valence-corrected chi connectivity index (χ3v) is 4.68. The quantitative estimate of drug-likeness (QED) is 0.233. The number of aromatic carboxylic acids is 1. The van der Waals surface area contributed by atoms with Crippen molar-refractivity contribution >= 4 is 23.4 Å². The zero-order valence-electron chi connectivity index (χ0n) is 16.9. The molecule has 35 heavy (non-hydrogen) atoms. The Labute approximate surface area is 194 Å². The topological polar surface area (TPSA) is 103 Å². The Morgan fingerprint density at radius 1 is 1.14 bits per heavy atom. The van der Waals surface area contributed by atoms with Gasteiger partial charge in [-0.15, -0.1) is 0 Å². The number of aliphatic imine (C=N–C) groups is 1. The van der Waals surface area contributed by atoms with Crippen LogP contribution < -0.4 is 5.73 Å². The van der Waals surface area contributed by atoms with E-state index in [1.165, 1.54) is 12.1 Å². The van der Waals surface area contributed by atoms with Gasteiger partial charge in [0.1, 0.15) is 5.70 Å². The molecular formula is C18H12ClF9N4O3. The fourth-order valence-electron chi connectivity index (χ4n) is 2.71. The number of aromatic nitrogens is 2. The molecule has 7 nitrogen and oxygen atoms in total. The predicted molar refractivity (Wildman–Crippen MR) is 103 cm³/mol. The molecule has 3 N–H and O–H groups in total. The Hall–Kier alpha value is -3.43. The van der Waals surface area contributed by atoms with Crippen molar-refractivity contribution in [1.29, 1.82) is 0 Å². The van der Waals surface area contributed by atoms with E-state index in [0.29, 0.717) is 4.68 Å². The molecule has 0 aliphatic heterocycles. The van der Waals surface area contributed by atoms with Crippen LogP contribution in [-0.4, -0.2) is 58.4 Å². The number of rotatable bonds is 6. The Bertz CT molecular complexity index is 1160. The summed E-state index contributed by atoms with van der Waals surface area (Å²) in [4.78, 5) is 14.5. The van der Waals surface area contributed by atoms with E-state index in [9.17, 15) is 44.3 Å². The van der Waals surface area contributed by atoms with Gasteiger partial charge in [0.05, 0.1) is 16.8 Å². The molecule has 0 bridgehead atoms. The molecule has 17 heteroatoms. The Morgan fingerprint density at radius 2 is 1.71 bits per heavy atom. The van der Waals surface area contributed by atoms with Crippen molar-refractivity contribution in [2.75, 3.05) is 7.05 Å². The van der Waals surface area contributed by atoms with Crippen molar-refractivity contribution in [3.05, 3.63) is 52.6 Å². The summed E-state index contributed by atoms with van der Waals surface area (Å²) in [7, 11) is 0.741. The molecule has 0 amide bonds. The van der Waals surface area contributed by atoms with Gasteiger partial charge in [-0.3, -0.25) is 4.99 Å². The standard InChI is InChI=1S/C18H12ClF9N4O3/c1-30-13(11(35-15(20)21)12(29)16(22,17(23,24)25)18(26,27)28)32-6-8(5-31-32)7-2-3-10(19)9(4-7)14(33)34/h2-6,15H,29H2,1H3,(H,33,34)/b12-11+,30-13?. The molecule has 0 radical (unpaired) electrons. The van der Waals surface area contributed by atoms with E-state index in [1.807, 2.05) is 0 Å². The minimum atomic E-state index is -6.73. The summed E-state index contributed by atoms with van der Waals surface area (Å²) in [6.07, 6.45) is -11.7. The fraction of sp³-hybridized carbons (Fsp3) is 0.278. The van der Waals surface area contributed by atoms with Crippen LogP contribution in [0, 0.1) is 0 Å². The zero-order chi connectivity index (χ0) is 26.9. The van der Waals surface area contributed by atoms with E-state index in [-0.39, 0.29) is 21.7 Å². The molecule has 0 saturated carbocycles. The first-order valence-electron chi connectivity index (χ1n) is 8.78. The lowest BCUT2D eigenvalue weighted by Gasteiger charge is -2.31. The van der Waals surface area contributed by atoms with Gasteiger partial charge in [-0.25, -0.2) is 13.9 Å². The molecule has 0 saturated heterocycles. The maximum absolute atomic E-state index is 14.4. The molecule has 1 aromatic carbocycles. The number of hydrogen-bond donors (Lipinski definition) is 2. The third-order valence-electron chi connectivity index (χ3n) is 4.35. The van der Waals surface area contributed by atoms with Gasteiger partial charge in [0, 0.05) is 18.8 Å². The van der Waals surface area contributed by atoms with E-state index < -0.39 is 47.9 Å². The average molecular weight is 539 g/mol. The monoisotopic (exact) mass is 538 g/mol. The third kappa shape index (κ3) is 5.31. The number of alkyl halides is 9. The highest BCUT2D eigenvalue weighted by molar-refractivity contribution is 6.33. The normalized spacial score (nSPS) is 14.2. The Balaban J connectivity index is 2.72. The van der Waals surface area contributed by atoms with E-state index in [0.717, 1.165) is 25.5 Å². The number of nitrogens with zero attached hydrogens (tertiary/aromatic N) is 3. The van der Waals surface area contributed by atoms with Gasteiger partial charge in [0.25, 0.3) is 0 Å². The van der Waals surface area contributed by atoms with Crippen LogP contribution in [-0.2, 0) is 4.74 Å². The van der Waals surface area contributed by atoms with Crippen molar-refractivity contribution in [3.8, 4) is 11.1 Å². The smallest absolute Gasteiger partial charge is 0.437 e. The summed E-state index contributed by atoms with van der Waals surface area (Å²) in [6.45, 7) is -4.05. The first-order valence-corrected chi connectivity index (χ1v) is 9.16. The van der Waals surface area contributed by atoms with Gasteiger partial charge in [-0.05, 0) is 17.7 Å². The molecule has 192 valence electrons. The summed E-state index contributed by atoms with van der Waals surface area (Å²) >= 11 is 5.75. The number of halogens is 10. The molecule has 0 spiro atoms. The first kappa shape index (κ1) is 27.8. The average Bonchev–Trinajstić information content (AvgIpc) is 3.20. The predicted octanol–water partition coefficient (Wildman–Crippen LogP) is 5.02. The van der Waals surface area contributed by atoms with Crippen LogP contribution >= 0.6 is 11.6 Å². The van der Waals surface area contributed by atoms with Crippen molar-refractivity contribution in [1.82, 2.24) is 9.78 Å². The number of nitrogens with two attached hydrogens (primary N) is 1. The largest absolute Gasteiger partial charge is 0.478 e. The number of carbonyl (C=O) groups is 1. The van der Waals surface area contributed by atoms with Crippen molar-refractivity contribution in [2.24, 2.45) is 10.7 Å². The lowest BCUT2D eigenvalue weighted by molar-refractivity contribution is -0.327. The second-order valence-corrected chi connectivity index (χ2v) is 6.90. The number of allylic oxidation sites excluding steroid dienone is 2. The van der Waals surface area contributed by atoms with Gasteiger partial charge in [-0.2, -0.15) is 40.2 Å². The van der Waals surface area contributed by atoms with Crippen molar-refractivity contribution in [3.63, 3.8) is 0 Å². The number of carboxylic acid groups (broad SMARTS) is 1. The molecule has 1 aromatic heterocycles. The van der Waals surface area contributed by atoms with Gasteiger partial charge in [-0.1, -0.05) is 17.7 Å². The highest BCUT2D eigenvalue weighted by Crippen LogP contribution is 2.50. The molecule has 0 aliphatic carbocycles. The molecule has 0 aliphatic rings. The Morgan fingerprint density at radius 3 is 2.17 bits per heavy atom. The van der Waals surface area contributed by atoms with Crippen LogP contribution in [0.5, 0.6) is 0 Å². The number of benzene rings is 1. The van der Waals surface area contributed by atoms with Gasteiger partial charge >= 0.3 is 30.6 Å². The minimum Gasteiger partial charge on any atom is -0.478 e. The summed E-state index contributed by atoms with van der Waals surface area (Å²) in [5.41, 5.74) is -4.56. The SMILES string of the molecule is CN=C(/C(OC(F)F)=C(\N)C(F)(C(F)(F)F)C(F)(F)F)n1cc(-c2ccc(Cl)c(C(=O)O)c2)cn1. The molecule has 2 aromatic rings. The molecule has 0 atom stereocenters. The van der Waals surface area contributed by atoms with Crippen LogP contribution in [0.4, 0.5) is 39.5 Å². The van der Waals surface area contributed by atoms with E-state index in [4.69, 9.17) is 22.4 Å². The second kappa shape index (κ2) is 9.67. The molecule has 1 heterocycles. The minimum absolute atomic E-state index is 0.0153. The maximum atomic E-state index is 14.4. The molecular weight excluding hydrogens is 527 g/mol. The van der Waals surface area contributed by atoms with E-state index in [2.05, 4.69) is 14.8 Å². The van der Waals surface area contributed by atoms with Gasteiger partial charge in [0.2, 0.25) is 0 Å². The summed E-state index contributed by atoms with van der Waals surface area (Å²) in [5.74, 6) is -4.77. The highest BCUT2D eigenvalue weighted by atomic mass is 35.5. The second-order valence-electron chi connectivity index (χ2n) is 6.50. The van der Waals surface area contributed by atoms with E-state index >= 15 is 0 Å². The number of hydrogen-bond acceptors (Lipinski definition) is 5. The van der Waals surface area contributed by atoms with Crippen LogP contribution in [0.3, 0.4) is 0 Å². The number of ether oxygens (including phenoxy) is 1. The van der Waals surface area contributed by atoms with Gasteiger partial charge in [0.15, 0.2) is 11.6 Å². The van der Waals surface area contributed by atoms with Crippen LogP contribution in [0.2, 0.25) is 5.02 Å². The first-order chi connectivity index (χ1) is 16.0. The molecule has 0 unspecified atom stereocenters. The molecule has 0 fully saturated rings. The van der Waals surface area contributed by atoms with Crippen molar-refractivity contribution < 1.29 is 54.2 Å². The van der Waals surface area contributed by atoms with E-state index in [1.54, 1.807) is 0 Å². The lowest BCUT2D eigenvalue weighted by atomic mass is 9.99. The van der Waals surface area contributed by atoms with Crippen LogP contribution in [0.15, 0.2) is 47.0 Å². The summed E-state index contributed by atoms with van der Waals surface area (Å²) < 4.78 is 123. The van der Waals surface area contributed by atoms with Crippen LogP contribution in [0.1, 0.15) is 10.4 Å². The maximum Gasteiger partial charge on any atom is 0.437 e. The van der Waals surface area contributed by atoms with Gasteiger partial charge < -0.3 is 15.6 Å². The summed E-state index contributed by atoms with van der Waals surface area (Å²) in [6, 6.07) is 3.49. The fourth-order valence-corrected chi connectivity index (χ4v) is 2.91. The van der Waals surface area contributed by atoms with Crippen LogP contribution in [0.25, 0.3) is 11.1 Å². The Kier molecular flexibility index (Phi) is 7.69. The number of carboxylic acids is 1. The lowest BCUT2D eigenvalue weighted by Crippen LogP contribution is -2.57. The zero-order valence-corrected chi connectivity index (χ0v) is 17.7. The molecule has 2 rings (SSSR count).